The van der Waals surface area contributed by atoms with E-state index in [1.165, 1.54) is 7.11 Å². The van der Waals surface area contributed by atoms with Gasteiger partial charge in [0.25, 0.3) is 5.56 Å². The van der Waals surface area contributed by atoms with E-state index in [4.69, 9.17) is 27.9 Å². The fraction of sp³-hybridized carbons (Fsp3) is 0.294. The third-order valence-corrected chi connectivity index (χ3v) is 4.92. The number of hydrogen-bond acceptors (Lipinski definition) is 8. The molecule has 2 aromatic heterocycles. The number of alkyl halides is 3. The number of halogens is 5. The minimum atomic E-state index is -4.92. The van der Waals surface area contributed by atoms with Crippen LogP contribution in [0.25, 0.3) is 5.69 Å². The first kappa shape index (κ1) is 24.3. The number of nitrogens with zero attached hydrogens (tertiary/aromatic N) is 6. The van der Waals surface area contributed by atoms with Crippen LogP contribution in [0.4, 0.5) is 13.2 Å². The number of carbonyl (C=O) groups excluding carboxylic acids is 1. The molecule has 0 aliphatic rings. The number of ether oxygens (including phenoxy) is 2. The van der Waals surface area contributed by atoms with E-state index >= 15 is 0 Å². The molecule has 0 unspecified atom stereocenters. The van der Waals surface area contributed by atoms with Crippen molar-refractivity contribution in [2.45, 2.75) is 19.3 Å². The predicted octanol–water partition coefficient (Wildman–Crippen LogP) is 1.60. The van der Waals surface area contributed by atoms with Crippen molar-refractivity contribution in [3.05, 3.63) is 60.6 Å². The summed E-state index contributed by atoms with van der Waals surface area (Å²) in [6, 6.07) is 2.53. The summed E-state index contributed by atoms with van der Waals surface area (Å²) in [4.78, 5) is 36.3. The van der Waals surface area contributed by atoms with Crippen LogP contribution >= 0.6 is 23.2 Å². The lowest BCUT2D eigenvalue weighted by atomic mass is 10.2. The number of tetrazole rings is 1. The SMILES string of the molecule is COC(=O)Cn1nnnc1COc1cc(-n2c(=O)cc(C(F)(F)F)n(C)c2=O)c(Cl)cc1Cl. The smallest absolute Gasteiger partial charge is 0.431 e. The molecule has 0 saturated carbocycles. The molecule has 3 aromatic rings. The normalized spacial score (nSPS) is 11.5. The van der Waals surface area contributed by atoms with Crippen LogP contribution in [-0.2, 0) is 35.9 Å². The molecule has 0 atom stereocenters. The highest BCUT2D eigenvalue weighted by Gasteiger charge is 2.35. The summed E-state index contributed by atoms with van der Waals surface area (Å²) in [6.07, 6.45) is -4.92. The number of hydrogen-bond donors (Lipinski definition) is 0. The van der Waals surface area contributed by atoms with Crippen LogP contribution in [0.2, 0.25) is 10.0 Å². The van der Waals surface area contributed by atoms with Gasteiger partial charge in [-0.1, -0.05) is 23.2 Å². The van der Waals surface area contributed by atoms with E-state index < -0.39 is 29.1 Å². The van der Waals surface area contributed by atoms with Crippen LogP contribution in [0, 0.1) is 0 Å². The maximum absolute atomic E-state index is 13.1. The van der Waals surface area contributed by atoms with Crippen molar-refractivity contribution in [1.29, 1.82) is 0 Å². The molecule has 1 aromatic carbocycles. The van der Waals surface area contributed by atoms with E-state index in [0.29, 0.717) is 4.57 Å². The summed E-state index contributed by atoms with van der Waals surface area (Å²) in [6.45, 7) is -0.594. The van der Waals surface area contributed by atoms with Gasteiger partial charge in [0.15, 0.2) is 5.82 Å². The highest BCUT2D eigenvalue weighted by Crippen LogP contribution is 2.33. The van der Waals surface area contributed by atoms with Crippen LogP contribution < -0.4 is 16.0 Å². The van der Waals surface area contributed by atoms with Gasteiger partial charge in [0.2, 0.25) is 0 Å². The van der Waals surface area contributed by atoms with Gasteiger partial charge in [-0.25, -0.2) is 14.0 Å². The Morgan fingerprint density at radius 2 is 1.85 bits per heavy atom. The Labute approximate surface area is 191 Å². The van der Waals surface area contributed by atoms with Gasteiger partial charge in [-0.05, 0) is 16.5 Å². The average molecular weight is 509 g/mol. The van der Waals surface area contributed by atoms with Gasteiger partial charge in [0, 0.05) is 19.2 Å². The third kappa shape index (κ3) is 5.01. The van der Waals surface area contributed by atoms with Crippen molar-refractivity contribution >= 4 is 29.2 Å². The monoisotopic (exact) mass is 508 g/mol. The number of rotatable bonds is 6. The summed E-state index contributed by atoms with van der Waals surface area (Å²) in [7, 11) is 2.05. The summed E-state index contributed by atoms with van der Waals surface area (Å²) in [5.41, 5.74) is -4.23. The molecule has 0 aliphatic heterocycles. The van der Waals surface area contributed by atoms with Gasteiger partial charge in [0.05, 0.1) is 22.8 Å². The minimum absolute atomic E-state index is 0.0347. The molecule has 0 bridgehead atoms. The number of carbonyl (C=O) groups is 1. The largest absolute Gasteiger partial charge is 0.484 e. The molecule has 33 heavy (non-hydrogen) atoms. The molecule has 11 nitrogen and oxygen atoms in total. The molecule has 0 N–H and O–H groups in total. The van der Waals surface area contributed by atoms with E-state index in [0.717, 1.165) is 23.9 Å². The quantitative estimate of drug-likeness (QED) is 0.460. The topological polar surface area (TPSA) is 123 Å². The van der Waals surface area contributed by atoms with Gasteiger partial charge in [-0.15, -0.1) is 5.10 Å². The minimum Gasteiger partial charge on any atom is -0.484 e. The van der Waals surface area contributed by atoms with E-state index in [9.17, 15) is 27.6 Å². The third-order valence-electron chi connectivity index (χ3n) is 4.32. The Morgan fingerprint density at radius 1 is 1.15 bits per heavy atom. The van der Waals surface area contributed by atoms with Crippen molar-refractivity contribution in [2.24, 2.45) is 7.05 Å². The van der Waals surface area contributed by atoms with E-state index in [1.54, 1.807) is 0 Å². The Kier molecular flexibility index (Phi) is 6.78. The molecule has 0 spiro atoms. The molecule has 3 rings (SSSR count). The first-order valence-corrected chi connectivity index (χ1v) is 9.54. The fourth-order valence-electron chi connectivity index (χ4n) is 2.70. The lowest BCUT2D eigenvalue weighted by molar-refractivity contribution is -0.144. The zero-order valence-corrected chi connectivity index (χ0v) is 18.3. The second kappa shape index (κ2) is 9.23. The van der Waals surface area contributed by atoms with Crippen LogP contribution in [0.3, 0.4) is 0 Å². The molecule has 0 aliphatic carbocycles. The first-order chi connectivity index (χ1) is 15.4. The highest BCUT2D eigenvalue weighted by molar-refractivity contribution is 6.36. The number of aromatic nitrogens is 6. The van der Waals surface area contributed by atoms with Gasteiger partial charge in [-0.2, -0.15) is 13.2 Å². The van der Waals surface area contributed by atoms with E-state index in [2.05, 4.69) is 20.3 Å². The molecular weight excluding hydrogens is 496 g/mol. The van der Waals surface area contributed by atoms with Crippen molar-refractivity contribution in [2.75, 3.05) is 7.11 Å². The van der Waals surface area contributed by atoms with Gasteiger partial charge in [-0.3, -0.25) is 14.2 Å². The van der Waals surface area contributed by atoms with Crippen molar-refractivity contribution in [3.8, 4) is 11.4 Å². The Bertz CT molecular complexity index is 1330. The van der Waals surface area contributed by atoms with Crippen molar-refractivity contribution < 1.29 is 27.4 Å². The molecule has 0 fully saturated rings. The molecule has 176 valence electrons. The standard InChI is InChI=1S/C17H13Cl2F3N6O5/c1-26-12(17(20,21)22)5-14(29)28(16(26)31)10-4-11(9(19)3-8(10)18)33-7-13-23-24-25-27(13)6-15(30)32-2/h3-5H,6-7H2,1-2H3. The maximum Gasteiger partial charge on any atom is 0.431 e. The van der Waals surface area contributed by atoms with E-state index in [1.807, 2.05) is 0 Å². The predicted molar refractivity (Wildman–Crippen MR) is 106 cm³/mol. The summed E-state index contributed by atoms with van der Waals surface area (Å²) in [5, 5.41) is 10.5. The lowest BCUT2D eigenvalue weighted by Gasteiger charge is -2.16. The second-order valence-corrected chi connectivity index (χ2v) is 7.21. The molecule has 2 heterocycles. The second-order valence-electron chi connectivity index (χ2n) is 6.39. The van der Waals surface area contributed by atoms with Crippen LogP contribution in [0.1, 0.15) is 11.5 Å². The maximum atomic E-state index is 13.1. The Hall–Kier alpha value is -3.39. The lowest BCUT2D eigenvalue weighted by Crippen LogP contribution is -2.40. The number of esters is 1. The van der Waals surface area contributed by atoms with Crippen molar-refractivity contribution in [1.82, 2.24) is 29.3 Å². The summed E-state index contributed by atoms with van der Waals surface area (Å²) in [5.74, 6) is -0.596. The molecular formula is C17H13Cl2F3N6O5. The molecule has 0 saturated heterocycles. The first-order valence-electron chi connectivity index (χ1n) is 8.78. The van der Waals surface area contributed by atoms with Gasteiger partial charge >= 0.3 is 17.8 Å². The number of methoxy groups -OCH3 is 1. The van der Waals surface area contributed by atoms with Crippen LogP contribution in [0.15, 0.2) is 27.8 Å². The average Bonchev–Trinajstić information content (AvgIpc) is 3.17. The fourth-order valence-corrected chi connectivity index (χ4v) is 3.22. The Morgan fingerprint density at radius 3 is 2.48 bits per heavy atom. The zero-order valence-electron chi connectivity index (χ0n) is 16.8. The van der Waals surface area contributed by atoms with Crippen LogP contribution in [0.5, 0.6) is 5.75 Å². The summed E-state index contributed by atoms with van der Waals surface area (Å²) < 4.78 is 51.2. The van der Waals surface area contributed by atoms with E-state index in [-0.39, 0.29) is 51.1 Å². The molecule has 0 amide bonds. The zero-order chi connectivity index (χ0) is 24.5. The van der Waals surface area contributed by atoms with Gasteiger partial charge in [0.1, 0.15) is 24.6 Å². The van der Waals surface area contributed by atoms with Crippen molar-refractivity contribution in [3.63, 3.8) is 0 Å². The van der Waals surface area contributed by atoms with Crippen LogP contribution in [-0.4, -0.2) is 42.4 Å². The van der Waals surface area contributed by atoms with Gasteiger partial charge < -0.3 is 9.47 Å². The molecule has 0 radical (unpaired) electrons. The number of benzene rings is 1. The molecule has 16 heteroatoms. The highest BCUT2D eigenvalue weighted by atomic mass is 35.5. The summed E-state index contributed by atoms with van der Waals surface area (Å²) >= 11 is 12.2. The Balaban J connectivity index is 2.00.